The zero-order valence-electron chi connectivity index (χ0n) is 18.7. The summed E-state index contributed by atoms with van der Waals surface area (Å²) in [5.74, 6) is 0.780. The van der Waals surface area contributed by atoms with Gasteiger partial charge in [0.2, 0.25) is 5.91 Å². The van der Waals surface area contributed by atoms with E-state index in [2.05, 4.69) is 34.9 Å². The summed E-state index contributed by atoms with van der Waals surface area (Å²) in [7, 11) is 1.57. The average molecular weight is 436 g/mol. The van der Waals surface area contributed by atoms with Crippen LogP contribution in [-0.2, 0) is 10.2 Å². The first-order valence-corrected chi connectivity index (χ1v) is 11.2. The van der Waals surface area contributed by atoms with Gasteiger partial charge in [0.15, 0.2) is 0 Å². The Bertz CT molecular complexity index is 906. The summed E-state index contributed by atoms with van der Waals surface area (Å²) in [6.45, 7) is 4.72. The van der Waals surface area contributed by atoms with Crippen molar-refractivity contribution < 1.29 is 14.3 Å². The van der Waals surface area contributed by atoms with Gasteiger partial charge in [0.25, 0.3) is 5.91 Å². The van der Waals surface area contributed by atoms with Crippen molar-refractivity contribution in [1.82, 2.24) is 16.2 Å². The molecule has 0 spiro atoms. The number of ether oxygens (including phenoxy) is 1. The Balaban J connectivity index is 1.66. The summed E-state index contributed by atoms with van der Waals surface area (Å²) in [5.41, 5.74) is 7.20. The lowest BCUT2D eigenvalue weighted by Gasteiger charge is -2.41. The molecule has 1 saturated carbocycles. The minimum Gasteiger partial charge on any atom is -0.496 e. The number of rotatable bonds is 10. The maximum absolute atomic E-state index is 12.9. The van der Waals surface area contributed by atoms with Crippen LogP contribution in [0.25, 0.3) is 0 Å². The first-order chi connectivity index (χ1) is 15.6. The van der Waals surface area contributed by atoms with Crippen molar-refractivity contribution in [1.29, 1.82) is 0 Å². The number of methoxy groups -OCH3 is 1. The molecule has 0 saturated heterocycles. The van der Waals surface area contributed by atoms with Gasteiger partial charge in [-0.25, -0.2) is 5.43 Å². The fourth-order valence-corrected chi connectivity index (χ4v) is 4.51. The first kappa shape index (κ1) is 23.5. The summed E-state index contributed by atoms with van der Waals surface area (Å²) in [4.78, 5) is 25.1. The minimum atomic E-state index is -0.146. The number of hydrazine groups is 1. The molecular weight excluding hydrogens is 402 g/mol. The van der Waals surface area contributed by atoms with Gasteiger partial charge >= 0.3 is 0 Å². The second-order valence-corrected chi connectivity index (χ2v) is 8.39. The van der Waals surface area contributed by atoms with E-state index in [-0.39, 0.29) is 17.2 Å². The Hall–Kier alpha value is -3.12. The van der Waals surface area contributed by atoms with E-state index in [1.165, 1.54) is 5.56 Å². The van der Waals surface area contributed by atoms with Gasteiger partial charge in [-0.15, -0.1) is 6.58 Å². The fraction of sp³-hybridized carbons (Fsp3) is 0.385. The number of nitrogens with one attached hydrogen (secondary N) is 3. The third-order valence-electron chi connectivity index (χ3n) is 6.34. The summed E-state index contributed by atoms with van der Waals surface area (Å²) < 4.78 is 5.34. The highest BCUT2D eigenvalue weighted by Gasteiger charge is 2.37. The predicted octanol–water partition coefficient (Wildman–Crippen LogP) is 3.75. The molecule has 0 bridgehead atoms. The van der Waals surface area contributed by atoms with Crippen LogP contribution in [0.15, 0.2) is 67.3 Å². The Morgan fingerprint density at radius 2 is 1.78 bits per heavy atom. The van der Waals surface area contributed by atoms with Gasteiger partial charge in [-0.2, -0.15) is 0 Å². The Morgan fingerprint density at radius 3 is 2.47 bits per heavy atom. The predicted molar refractivity (Wildman–Crippen MR) is 126 cm³/mol. The molecule has 0 aromatic heterocycles. The second kappa shape index (κ2) is 11.5. The van der Waals surface area contributed by atoms with Crippen LogP contribution in [0, 0.1) is 5.92 Å². The van der Waals surface area contributed by atoms with Crippen LogP contribution in [0.5, 0.6) is 5.75 Å². The average Bonchev–Trinajstić information content (AvgIpc) is 2.84. The van der Waals surface area contributed by atoms with E-state index in [1.807, 2.05) is 30.3 Å². The molecule has 0 aliphatic heterocycles. The molecule has 3 N–H and O–H groups in total. The highest BCUT2D eigenvalue weighted by molar-refractivity contribution is 5.97. The molecule has 1 aliphatic carbocycles. The summed E-state index contributed by atoms with van der Waals surface area (Å²) in [6.07, 6.45) is 5.92. The van der Waals surface area contributed by atoms with Crippen LogP contribution < -0.4 is 20.9 Å². The molecule has 1 aliphatic rings. The topological polar surface area (TPSA) is 79.5 Å². The van der Waals surface area contributed by atoms with Crippen molar-refractivity contribution >= 4 is 11.8 Å². The summed E-state index contributed by atoms with van der Waals surface area (Å²) >= 11 is 0. The quantitative estimate of drug-likeness (QED) is 0.302. The van der Waals surface area contributed by atoms with E-state index in [0.717, 1.165) is 25.7 Å². The Morgan fingerprint density at radius 1 is 1.09 bits per heavy atom. The van der Waals surface area contributed by atoms with Gasteiger partial charge in [-0.3, -0.25) is 15.0 Å². The standard InChI is InChI=1S/C26H33N3O3/c1-3-17-28-29-24(30)18-20-13-15-26(16-14-20,21-9-5-4-6-10-21)19-27-25(31)22-11-7-8-12-23(22)32-2/h3-12,20,28H,1,13-19H2,2H3,(H,27,31)(H,29,30). The normalized spacial score (nSPS) is 20.2. The monoisotopic (exact) mass is 435 g/mol. The molecular formula is C26H33N3O3. The molecule has 2 aromatic rings. The number of amides is 2. The highest BCUT2D eigenvalue weighted by Crippen LogP contribution is 2.42. The van der Waals surface area contributed by atoms with Gasteiger partial charge in [0.05, 0.1) is 12.7 Å². The Labute approximate surface area is 190 Å². The van der Waals surface area contributed by atoms with Crippen molar-refractivity contribution in [2.45, 2.75) is 37.5 Å². The van der Waals surface area contributed by atoms with Gasteiger partial charge in [-0.05, 0) is 49.3 Å². The van der Waals surface area contributed by atoms with Crippen molar-refractivity contribution in [2.24, 2.45) is 5.92 Å². The van der Waals surface area contributed by atoms with E-state index >= 15 is 0 Å². The number of carbonyl (C=O) groups is 2. The SMILES string of the molecule is C=CCNNC(=O)CC1CCC(CNC(=O)c2ccccc2OC)(c2ccccc2)CC1. The highest BCUT2D eigenvalue weighted by atomic mass is 16.5. The molecule has 2 aromatic carbocycles. The molecule has 0 unspecified atom stereocenters. The second-order valence-electron chi connectivity index (χ2n) is 8.39. The fourth-order valence-electron chi connectivity index (χ4n) is 4.51. The van der Waals surface area contributed by atoms with Crippen LogP contribution in [-0.4, -0.2) is 32.0 Å². The maximum atomic E-state index is 12.9. The van der Waals surface area contributed by atoms with Crippen LogP contribution in [0.2, 0.25) is 0 Å². The molecule has 0 heterocycles. The molecule has 3 rings (SSSR count). The van der Waals surface area contributed by atoms with Crippen molar-refractivity contribution in [3.8, 4) is 5.75 Å². The van der Waals surface area contributed by atoms with E-state index in [4.69, 9.17) is 4.74 Å². The molecule has 6 nitrogen and oxygen atoms in total. The van der Waals surface area contributed by atoms with Crippen molar-refractivity contribution in [3.63, 3.8) is 0 Å². The lowest BCUT2D eigenvalue weighted by atomic mass is 9.66. The van der Waals surface area contributed by atoms with E-state index in [1.54, 1.807) is 25.3 Å². The lowest BCUT2D eigenvalue weighted by Crippen LogP contribution is -2.44. The summed E-state index contributed by atoms with van der Waals surface area (Å²) in [6, 6.07) is 17.6. The molecule has 2 amide bonds. The lowest BCUT2D eigenvalue weighted by molar-refractivity contribution is -0.123. The number of benzene rings is 2. The first-order valence-electron chi connectivity index (χ1n) is 11.2. The largest absolute Gasteiger partial charge is 0.496 e. The smallest absolute Gasteiger partial charge is 0.255 e. The molecule has 1 fully saturated rings. The molecule has 0 atom stereocenters. The van der Waals surface area contributed by atoms with Crippen LogP contribution in [0.3, 0.4) is 0 Å². The third-order valence-corrected chi connectivity index (χ3v) is 6.34. The van der Waals surface area contributed by atoms with Crippen molar-refractivity contribution in [3.05, 3.63) is 78.4 Å². The third kappa shape index (κ3) is 5.98. The van der Waals surface area contributed by atoms with Gasteiger partial charge in [0.1, 0.15) is 5.75 Å². The molecule has 170 valence electrons. The van der Waals surface area contributed by atoms with Crippen molar-refractivity contribution in [2.75, 3.05) is 20.2 Å². The van der Waals surface area contributed by atoms with Crippen LogP contribution in [0.1, 0.15) is 48.0 Å². The molecule has 0 radical (unpaired) electrons. The number of hydrogen-bond donors (Lipinski definition) is 3. The van der Waals surface area contributed by atoms with Crippen LogP contribution in [0.4, 0.5) is 0 Å². The maximum Gasteiger partial charge on any atom is 0.255 e. The number of hydrogen-bond acceptors (Lipinski definition) is 4. The van der Waals surface area contributed by atoms with Crippen LogP contribution >= 0.6 is 0 Å². The zero-order valence-corrected chi connectivity index (χ0v) is 18.7. The van der Waals surface area contributed by atoms with E-state index in [0.29, 0.717) is 36.7 Å². The molecule has 6 heteroatoms. The van der Waals surface area contributed by atoms with Gasteiger partial charge in [0, 0.05) is 24.9 Å². The molecule has 32 heavy (non-hydrogen) atoms. The van der Waals surface area contributed by atoms with E-state index in [9.17, 15) is 9.59 Å². The van der Waals surface area contributed by atoms with E-state index < -0.39 is 0 Å². The number of para-hydroxylation sites is 1. The zero-order chi connectivity index (χ0) is 22.8. The van der Waals surface area contributed by atoms with Gasteiger partial charge in [-0.1, -0.05) is 48.5 Å². The Kier molecular flexibility index (Phi) is 8.45. The summed E-state index contributed by atoms with van der Waals surface area (Å²) in [5, 5.41) is 3.16. The van der Waals surface area contributed by atoms with Gasteiger partial charge < -0.3 is 10.1 Å². The minimum absolute atomic E-state index is 0.00790. The number of carbonyl (C=O) groups excluding carboxylic acids is 2.